The van der Waals surface area contributed by atoms with Crippen LogP contribution < -0.4 is 14.8 Å². The van der Waals surface area contributed by atoms with E-state index in [-0.39, 0.29) is 0 Å². The van der Waals surface area contributed by atoms with Gasteiger partial charge in [0.15, 0.2) is 0 Å². The van der Waals surface area contributed by atoms with Crippen molar-refractivity contribution in [3.05, 3.63) is 0 Å². The van der Waals surface area contributed by atoms with Crippen molar-refractivity contribution in [3.8, 4) is 0 Å². The van der Waals surface area contributed by atoms with E-state index in [2.05, 4.69) is 14.8 Å². The van der Waals surface area contributed by atoms with Gasteiger partial charge in [-0.05, 0) is 25.8 Å². The number of ether oxygens (including phenoxy) is 1. The number of nitrogens with one attached hydrogen (secondary N) is 3. The van der Waals surface area contributed by atoms with Crippen molar-refractivity contribution >= 4 is 10.2 Å². The highest BCUT2D eigenvalue weighted by Gasteiger charge is 2.15. The maximum Gasteiger partial charge on any atom is 0.276 e. The van der Waals surface area contributed by atoms with Crippen LogP contribution in [0.3, 0.4) is 0 Å². The highest BCUT2D eigenvalue weighted by molar-refractivity contribution is 7.87. The van der Waals surface area contributed by atoms with Gasteiger partial charge in [-0.1, -0.05) is 0 Å². The topological polar surface area (TPSA) is 79.5 Å². The Balaban J connectivity index is 2.09. The highest BCUT2D eigenvalue weighted by Crippen LogP contribution is 2.07. The van der Waals surface area contributed by atoms with Crippen LogP contribution in [0.5, 0.6) is 0 Å². The molecule has 1 aliphatic heterocycles. The Bertz CT molecular complexity index is 276. The van der Waals surface area contributed by atoms with Crippen molar-refractivity contribution < 1.29 is 13.2 Å². The lowest BCUT2D eigenvalue weighted by Crippen LogP contribution is -2.40. The predicted octanol–water partition coefficient (Wildman–Crippen LogP) is -0.801. The lowest BCUT2D eigenvalue weighted by molar-refractivity contribution is 0.204. The summed E-state index contributed by atoms with van der Waals surface area (Å²) in [6, 6.07) is 0.460. The molecule has 6 nitrogen and oxygen atoms in total. The smallest absolute Gasteiger partial charge is 0.276 e. The largest absolute Gasteiger partial charge is 0.383 e. The monoisotopic (exact) mass is 251 g/mol. The van der Waals surface area contributed by atoms with Crippen LogP contribution in [0.2, 0.25) is 0 Å². The molecule has 96 valence electrons. The fourth-order valence-electron chi connectivity index (χ4n) is 1.70. The summed E-state index contributed by atoms with van der Waals surface area (Å²) in [5.74, 6) is 0. The average molecular weight is 251 g/mol. The Hall–Kier alpha value is -0.210. The first-order chi connectivity index (χ1) is 7.64. The van der Waals surface area contributed by atoms with Gasteiger partial charge >= 0.3 is 0 Å². The molecule has 0 unspecified atom stereocenters. The second-order valence-corrected chi connectivity index (χ2v) is 5.45. The zero-order valence-corrected chi connectivity index (χ0v) is 10.5. The van der Waals surface area contributed by atoms with Gasteiger partial charge in [-0.3, -0.25) is 0 Å². The molecule has 1 atom stereocenters. The van der Waals surface area contributed by atoms with E-state index in [4.69, 9.17) is 4.74 Å². The Morgan fingerprint density at radius 2 is 2.12 bits per heavy atom. The second-order valence-electron chi connectivity index (χ2n) is 3.87. The van der Waals surface area contributed by atoms with E-state index in [0.717, 1.165) is 19.4 Å². The van der Waals surface area contributed by atoms with Crippen LogP contribution >= 0.6 is 0 Å². The van der Waals surface area contributed by atoms with Crippen LogP contribution in [0.4, 0.5) is 0 Å². The molecule has 0 radical (unpaired) electrons. The van der Waals surface area contributed by atoms with Crippen molar-refractivity contribution in [1.82, 2.24) is 14.8 Å². The van der Waals surface area contributed by atoms with Gasteiger partial charge in [0.2, 0.25) is 0 Å². The Kier molecular flexibility index (Phi) is 6.22. The molecule has 7 heteroatoms. The van der Waals surface area contributed by atoms with Gasteiger partial charge in [-0.2, -0.15) is 13.1 Å². The van der Waals surface area contributed by atoms with E-state index in [1.807, 2.05) is 0 Å². The van der Waals surface area contributed by atoms with Crippen LogP contribution in [0.15, 0.2) is 0 Å². The van der Waals surface area contributed by atoms with Crippen LogP contribution in [0.25, 0.3) is 0 Å². The molecule has 0 aromatic heterocycles. The van der Waals surface area contributed by atoms with Gasteiger partial charge in [-0.25, -0.2) is 4.72 Å². The van der Waals surface area contributed by atoms with E-state index < -0.39 is 10.2 Å². The summed E-state index contributed by atoms with van der Waals surface area (Å²) >= 11 is 0. The first-order valence-electron chi connectivity index (χ1n) is 5.60. The van der Waals surface area contributed by atoms with Crippen LogP contribution in [0.1, 0.15) is 19.3 Å². The van der Waals surface area contributed by atoms with Crippen LogP contribution in [-0.4, -0.2) is 47.8 Å². The third kappa shape index (κ3) is 5.76. The maximum atomic E-state index is 11.4. The Labute approximate surface area is 97.3 Å². The molecule has 1 fully saturated rings. The standard InChI is InChI=1S/C9H21N3O3S/c1-15-8-7-12-16(13,14)11-6-4-9-3-2-5-10-9/h9-12H,2-8H2,1H3/t9-/m0/s1. The van der Waals surface area contributed by atoms with E-state index in [0.29, 0.717) is 25.7 Å². The summed E-state index contributed by atoms with van der Waals surface area (Å²) in [5, 5.41) is 3.32. The summed E-state index contributed by atoms with van der Waals surface area (Å²) in [5.41, 5.74) is 0. The van der Waals surface area contributed by atoms with Gasteiger partial charge in [0, 0.05) is 26.2 Å². The molecule has 3 N–H and O–H groups in total. The maximum absolute atomic E-state index is 11.4. The van der Waals surface area contributed by atoms with E-state index in [9.17, 15) is 8.42 Å². The SMILES string of the molecule is COCCNS(=O)(=O)NCC[C@@H]1CCCN1. The predicted molar refractivity (Wildman–Crippen MR) is 62.4 cm³/mol. The van der Waals surface area contributed by atoms with Gasteiger partial charge in [0.1, 0.15) is 0 Å². The summed E-state index contributed by atoms with van der Waals surface area (Å²) in [7, 11) is -1.82. The molecule has 0 saturated carbocycles. The number of methoxy groups -OCH3 is 1. The molecule has 0 bridgehead atoms. The van der Waals surface area contributed by atoms with Gasteiger partial charge < -0.3 is 10.1 Å². The minimum absolute atomic E-state index is 0.299. The molecule has 0 amide bonds. The summed E-state index contributed by atoms with van der Waals surface area (Å²) in [6.45, 7) is 2.20. The van der Waals surface area contributed by atoms with Crippen LogP contribution in [-0.2, 0) is 14.9 Å². The molecule has 1 saturated heterocycles. The van der Waals surface area contributed by atoms with Crippen molar-refractivity contribution in [1.29, 1.82) is 0 Å². The fourth-order valence-corrected chi connectivity index (χ4v) is 2.54. The lowest BCUT2D eigenvalue weighted by Gasteiger charge is -2.11. The highest BCUT2D eigenvalue weighted by atomic mass is 32.2. The minimum atomic E-state index is -3.35. The van der Waals surface area contributed by atoms with Crippen molar-refractivity contribution in [3.63, 3.8) is 0 Å². The Morgan fingerprint density at radius 3 is 2.75 bits per heavy atom. The first-order valence-corrected chi connectivity index (χ1v) is 7.09. The minimum Gasteiger partial charge on any atom is -0.383 e. The van der Waals surface area contributed by atoms with E-state index >= 15 is 0 Å². The molecular formula is C9H21N3O3S. The third-order valence-corrected chi connectivity index (χ3v) is 3.71. The summed E-state index contributed by atoms with van der Waals surface area (Å²) in [6.07, 6.45) is 3.16. The second kappa shape index (κ2) is 7.18. The normalized spacial score (nSPS) is 21.4. The summed E-state index contributed by atoms with van der Waals surface area (Å²) in [4.78, 5) is 0. The molecule has 16 heavy (non-hydrogen) atoms. The number of hydrogen-bond donors (Lipinski definition) is 3. The zero-order valence-electron chi connectivity index (χ0n) is 9.66. The molecular weight excluding hydrogens is 230 g/mol. The average Bonchev–Trinajstić information content (AvgIpc) is 2.70. The molecule has 0 aromatic carbocycles. The third-order valence-electron chi connectivity index (χ3n) is 2.55. The van der Waals surface area contributed by atoms with E-state index in [1.54, 1.807) is 0 Å². The number of hydrogen-bond acceptors (Lipinski definition) is 4. The molecule has 0 aliphatic carbocycles. The molecule has 0 aromatic rings. The van der Waals surface area contributed by atoms with Gasteiger partial charge in [0.05, 0.1) is 6.61 Å². The Morgan fingerprint density at radius 1 is 1.38 bits per heavy atom. The molecule has 1 rings (SSSR count). The first kappa shape index (κ1) is 13.9. The molecule has 0 spiro atoms. The van der Waals surface area contributed by atoms with Crippen LogP contribution in [0, 0.1) is 0 Å². The van der Waals surface area contributed by atoms with Gasteiger partial charge in [0.25, 0.3) is 10.2 Å². The van der Waals surface area contributed by atoms with Gasteiger partial charge in [-0.15, -0.1) is 0 Å². The molecule has 1 aliphatic rings. The fraction of sp³-hybridized carbons (Fsp3) is 1.00. The van der Waals surface area contributed by atoms with Crippen molar-refractivity contribution in [2.45, 2.75) is 25.3 Å². The molecule has 1 heterocycles. The number of rotatable bonds is 8. The lowest BCUT2D eigenvalue weighted by atomic mass is 10.2. The van der Waals surface area contributed by atoms with Crippen molar-refractivity contribution in [2.24, 2.45) is 0 Å². The van der Waals surface area contributed by atoms with E-state index in [1.165, 1.54) is 13.5 Å². The quantitative estimate of drug-likeness (QED) is 0.493. The van der Waals surface area contributed by atoms with Crippen molar-refractivity contribution in [2.75, 3.05) is 33.4 Å². The summed E-state index contributed by atoms with van der Waals surface area (Å²) < 4.78 is 32.4. The zero-order chi connectivity index (χ0) is 11.9.